The fourth-order valence-corrected chi connectivity index (χ4v) is 10.6. The molecular formula is C46H55F5N10O2S2. The van der Waals surface area contributed by atoms with E-state index in [1.54, 1.807) is 12.4 Å². The molecule has 8 rings (SSSR count). The van der Waals surface area contributed by atoms with Crippen LogP contribution >= 0.6 is 22.7 Å². The van der Waals surface area contributed by atoms with Crippen molar-refractivity contribution in [2.24, 2.45) is 0 Å². The number of alkyl halides is 3. The third-order valence-electron chi connectivity index (χ3n) is 12.5. The van der Waals surface area contributed by atoms with Gasteiger partial charge in [-0.3, -0.25) is 9.59 Å². The van der Waals surface area contributed by atoms with Crippen LogP contribution in [0.2, 0.25) is 0 Å². The smallest absolute Gasteiger partial charge is 0.361 e. The van der Waals surface area contributed by atoms with Crippen LogP contribution < -0.4 is 20.4 Å². The Balaban J connectivity index is 0.985. The molecule has 348 valence electrons. The van der Waals surface area contributed by atoms with E-state index in [4.69, 9.17) is 4.98 Å². The number of nitrogens with one attached hydrogen (secondary N) is 4. The van der Waals surface area contributed by atoms with Gasteiger partial charge in [0.15, 0.2) is 21.9 Å². The quantitative estimate of drug-likeness (QED) is 0.0503. The highest BCUT2D eigenvalue weighted by Gasteiger charge is 2.29. The second-order valence-corrected chi connectivity index (χ2v) is 19.3. The van der Waals surface area contributed by atoms with E-state index >= 15 is 0 Å². The molecule has 2 aromatic carbocycles. The average Bonchev–Trinajstić information content (AvgIpc) is 4.10. The van der Waals surface area contributed by atoms with Crippen molar-refractivity contribution in [3.05, 3.63) is 93.2 Å². The number of H-pyrrole nitrogens is 2. The average molecular weight is 939 g/mol. The standard InChI is InChI=1S/C46H55F5N10O2S2/c1-58-14-18-60(19-15-58)44-54-28-40(64-44)42(62)55-31(23-30-27-53-39-25-36(48)35(47)24-34(30)39)8-3-5-12-38-41(65-45(57-38)61-20-16-59(2)17-21-61)43(63)56-32(9-7-13-46(49,50)51)22-29-26-52-37-11-6-4-10-33(29)37/h4,6,10-11,24-28,31-32,52-53H,3,5,7-9,12-23H2,1-2H3,(H,55,62)(H,56,63). The summed E-state index contributed by atoms with van der Waals surface area (Å²) in [4.78, 5) is 53.7. The summed E-state index contributed by atoms with van der Waals surface area (Å²) in [5.74, 6) is -2.53. The number of likely N-dealkylation sites (N-methyl/N-ethyl adjacent to an activating group) is 2. The van der Waals surface area contributed by atoms with Crippen LogP contribution in [0.25, 0.3) is 21.8 Å². The largest absolute Gasteiger partial charge is 0.389 e. The number of rotatable bonds is 18. The number of anilines is 2. The molecule has 0 saturated carbocycles. The van der Waals surface area contributed by atoms with Crippen LogP contribution in [0, 0.1) is 11.6 Å². The van der Waals surface area contributed by atoms with Crippen molar-refractivity contribution in [3.8, 4) is 0 Å². The molecule has 2 unspecified atom stereocenters. The van der Waals surface area contributed by atoms with E-state index in [-0.39, 0.29) is 30.7 Å². The zero-order chi connectivity index (χ0) is 45.7. The first kappa shape index (κ1) is 46.4. The van der Waals surface area contributed by atoms with E-state index in [0.29, 0.717) is 64.9 Å². The molecule has 0 spiro atoms. The molecule has 0 bridgehead atoms. The Labute approximate surface area is 382 Å². The Morgan fingerprint density at radius 2 is 1.34 bits per heavy atom. The van der Waals surface area contributed by atoms with E-state index in [0.717, 1.165) is 90.7 Å². The fourth-order valence-electron chi connectivity index (χ4n) is 8.70. The van der Waals surface area contributed by atoms with Gasteiger partial charge in [0.1, 0.15) is 9.75 Å². The number of thiazole rings is 2. The van der Waals surface area contributed by atoms with Gasteiger partial charge in [0.25, 0.3) is 11.8 Å². The third-order valence-corrected chi connectivity index (χ3v) is 14.7. The first-order chi connectivity index (χ1) is 31.3. The summed E-state index contributed by atoms with van der Waals surface area (Å²) < 4.78 is 68.5. The molecule has 65 heavy (non-hydrogen) atoms. The number of nitrogens with zero attached hydrogens (tertiary/aromatic N) is 6. The number of hydrogen-bond acceptors (Lipinski definition) is 10. The molecule has 6 heterocycles. The molecule has 4 N–H and O–H groups in total. The van der Waals surface area contributed by atoms with Gasteiger partial charge in [0.2, 0.25) is 0 Å². The van der Waals surface area contributed by atoms with Gasteiger partial charge in [-0.1, -0.05) is 47.3 Å². The summed E-state index contributed by atoms with van der Waals surface area (Å²) >= 11 is 2.66. The second-order valence-electron chi connectivity index (χ2n) is 17.3. The molecule has 2 saturated heterocycles. The lowest BCUT2D eigenvalue weighted by Gasteiger charge is -2.32. The molecule has 4 aromatic heterocycles. The molecule has 6 aromatic rings. The van der Waals surface area contributed by atoms with Crippen LogP contribution in [0.4, 0.5) is 32.2 Å². The number of carbonyl (C=O) groups excluding carboxylic acids is 2. The van der Waals surface area contributed by atoms with E-state index < -0.39 is 30.3 Å². The summed E-state index contributed by atoms with van der Waals surface area (Å²) in [7, 11) is 4.14. The van der Waals surface area contributed by atoms with Gasteiger partial charge in [0.05, 0.1) is 11.9 Å². The van der Waals surface area contributed by atoms with Gasteiger partial charge < -0.3 is 40.2 Å². The molecule has 2 atom stereocenters. The first-order valence-electron chi connectivity index (χ1n) is 22.3. The Morgan fingerprint density at radius 3 is 2.03 bits per heavy atom. The topological polar surface area (TPSA) is 129 Å². The molecule has 12 nitrogen and oxygen atoms in total. The summed E-state index contributed by atoms with van der Waals surface area (Å²) in [5, 5.41) is 9.34. The number of fused-ring (bicyclic) bond motifs is 2. The number of aryl methyl sites for hydroxylation is 1. The maximum Gasteiger partial charge on any atom is 0.389 e. The van der Waals surface area contributed by atoms with Crippen LogP contribution in [0.5, 0.6) is 0 Å². The molecule has 0 aliphatic carbocycles. The number of para-hydroxylation sites is 1. The Morgan fingerprint density at radius 1 is 0.738 bits per heavy atom. The van der Waals surface area contributed by atoms with Crippen molar-refractivity contribution >= 4 is 66.6 Å². The minimum Gasteiger partial charge on any atom is -0.361 e. The molecule has 19 heteroatoms. The van der Waals surface area contributed by atoms with Crippen molar-refractivity contribution in [1.82, 2.24) is 40.4 Å². The summed E-state index contributed by atoms with van der Waals surface area (Å²) in [6, 6.07) is 9.08. The van der Waals surface area contributed by atoms with Crippen LogP contribution in [-0.4, -0.2) is 126 Å². The third kappa shape index (κ3) is 11.8. The number of aromatic amines is 2. The van der Waals surface area contributed by atoms with Gasteiger partial charge in [-0.05, 0) is 82.3 Å². The molecule has 2 fully saturated rings. The predicted octanol–water partition coefficient (Wildman–Crippen LogP) is 8.17. The van der Waals surface area contributed by atoms with E-state index in [9.17, 15) is 31.5 Å². The molecular weight excluding hydrogens is 884 g/mol. The number of aromatic nitrogens is 4. The van der Waals surface area contributed by atoms with Crippen molar-refractivity contribution in [1.29, 1.82) is 0 Å². The maximum atomic E-state index is 14.4. The molecule has 2 amide bonds. The minimum absolute atomic E-state index is 0.124. The highest BCUT2D eigenvalue weighted by Crippen LogP contribution is 2.31. The minimum atomic E-state index is -4.30. The van der Waals surface area contributed by atoms with Crippen molar-refractivity contribution in [2.75, 3.05) is 76.3 Å². The van der Waals surface area contributed by atoms with Gasteiger partial charge in [-0.25, -0.2) is 18.7 Å². The number of hydrogen-bond donors (Lipinski definition) is 4. The molecule has 2 aliphatic rings. The van der Waals surface area contributed by atoms with Crippen molar-refractivity contribution in [3.63, 3.8) is 0 Å². The van der Waals surface area contributed by atoms with Crippen LogP contribution in [-0.2, 0) is 19.3 Å². The number of amides is 2. The summed E-state index contributed by atoms with van der Waals surface area (Å²) in [5.41, 5.74) is 3.64. The van der Waals surface area contributed by atoms with Crippen LogP contribution in [0.15, 0.2) is 55.0 Å². The van der Waals surface area contributed by atoms with Crippen molar-refractivity contribution < 1.29 is 31.5 Å². The normalized spacial score (nSPS) is 16.4. The molecule has 2 aliphatic heterocycles. The predicted molar refractivity (Wildman–Crippen MR) is 248 cm³/mol. The lowest BCUT2D eigenvalue weighted by molar-refractivity contribution is -0.135. The first-order valence-corrected chi connectivity index (χ1v) is 23.9. The highest BCUT2D eigenvalue weighted by molar-refractivity contribution is 7.18. The monoisotopic (exact) mass is 938 g/mol. The van der Waals surface area contributed by atoms with Gasteiger partial charge >= 0.3 is 6.18 Å². The summed E-state index contributed by atoms with van der Waals surface area (Å²) in [6.07, 6.45) is 2.90. The lowest BCUT2D eigenvalue weighted by atomic mass is 9.99. The number of unbranched alkanes of at least 4 members (excludes halogenated alkanes) is 1. The zero-order valence-electron chi connectivity index (χ0n) is 36.6. The van der Waals surface area contributed by atoms with Gasteiger partial charge in [-0.2, -0.15) is 13.2 Å². The Bertz CT molecular complexity index is 2550. The van der Waals surface area contributed by atoms with E-state index in [1.165, 1.54) is 28.7 Å². The fraction of sp³-hybridized carbons (Fsp3) is 0.478. The molecule has 0 radical (unpaired) electrons. The maximum absolute atomic E-state index is 14.4. The SMILES string of the molecule is CN1CCN(c2ncc(C(=O)NC(CCCCc3nc(N4CCN(C)CC4)sc3C(=O)NC(CCCC(F)(F)F)Cc3c[nH]c4ccccc34)Cc3c[nH]c4cc(F)c(F)cc34)s2)CC1. The Kier molecular flexibility index (Phi) is 14.7. The number of benzene rings is 2. The highest BCUT2D eigenvalue weighted by atomic mass is 32.1. The van der Waals surface area contributed by atoms with Crippen LogP contribution in [0.3, 0.4) is 0 Å². The zero-order valence-corrected chi connectivity index (χ0v) is 38.2. The number of piperazine rings is 2. The summed E-state index contributed by atoms with van der Waals surface area (Å²) in [6.45, 7) is 6.61. The van der Waals surface area contributed by atoms with Gasteiger partial charge in [0, 0.05) is 111 Å². The second kappa shape index (κ2) is 20.6. The number of halogens is 5. The number of carbonyl (C=O) groups is 2. The van der Waals surface area contributed by atoms with Crippen molar-refractivity contribution in [2.45, 2.75) is 76.0 Å². The van der Waals surface area contributed by atoms with E-state index in [1.807, 2.05) is 30.5 Å². The lowest BCUT2D eigenvalue weighted by Crippen LogP contribution is -2.44. The van der Waals surface area contributed by atoms with Crippen LogP contribution in [0.1, 0.15) is 74.7 Å². The van der Waals surface area contributed by atoms with E-state index in [2.05, 4.69) is 59.3 Å². The Hall–Kier alpha value is -5.11. The van der Waals surface area contributed by atoms with Gasteiger partial charge in [-0.15, -0.1) is 0 Å².